The fraction of sp³-hybridized carbons (Fsp3) is 0.529. The van der Waals surface area contributed by atoms with Crippen molar-refractivity contribution >= 4 is 5.91 Å². The number of hydrogen-bond donors (Lipinski definition) is 0. The number of benzene rings is 1. The third-order valence-electron chi connectivity index (χ3n) is 4.38. The zero-order valence-electron chi connectivity index (χ0n) is 14.3. The van der Waals surface area contributed by atoms with Crippen molar-refractivity contribution in [2.75, 3.05) is 20.6 Å². The smallest absolute Gasteiger partial charge is 0.224 e. The molecule has 1 fully saturated rings. The second-order valence-electron chi connectivity index (χ2n) is 6.55. The van der Waals surface area contributed by atoms with Crippen LogP contribution in [-0.4, -0.2) is 56.6 Å². The molecule has 1 saturated heterocycles. The largest absolute Gasteiger partial charge is 0.336 e. The Labute approximate surface area is 142 Å². The molecule has 2 aromatic rings. The van der Waals surface area contributed by atoms with Crippen LogP contribution in [0.2, 0.25) is 0 Å². The van der Waals surface area contributed by atoms with Crippen molar-refractivity contribution in [3.63, 3.8) is 0 Å². The Bertz CT molecular complexity index is 652. The molecule has 1 amide bonds. The average Bonchev–Trinajstić information content (AvgIpc) is 3.24. The molecule has 0 spiro atoms. The number of carbonyl (C=O) groups is 1. The van der Waals surface area contributed by atoms with Gasteiger partial charge in [0.15, 0.2) is 0 Å². The molecule has 7 heteroatoms. The molecular weight excluding hydrogens is 304 g/mol. The highest BCUT2D eigenvalue weighted by molar-refractivity contribution is 5.77. The van der Waals surface area contributed by atoms with Gasteiger partial charge in [0.1, 0.15) is 6.33 Å². The molecule has 0 N–H and O–H groups in total. The molecule has 128 valence electrons. The Hall–Kier alpha value is -2.28. The van der Waals surface area contributed by atoms with Crippen LogP contribution in [0.1, 0.15) is 36.4 Å². The summed E-state index contributed by atoms with van der Waals surface area (Å²) >= 11 is 0. The summed E-state index contributed by atoms with van der Waals surface area (Å²) in [5.74, 6) is 0.172. The van der Waals surface area contributed by atoms with Crippen molar-refractivity contribution in [3.05, 3.63) is 41.7 Å². The molecule has 0 aliphatic carbocycles. The molecule has 0 saturated carbocycles. The minimum atomic E-state index is 0.172. The number of carbonyl (C=O) groups excluding carboxylic acids is 1. The second-order valence-corrected chi connectivity index (χ2v) is 6.55. The molecule has 24 heavy (non-hydrogen) atoms. The third kappa shape index (κ3) is 3.97. The van der Waals surface area contributed by atoms with E-state index in [1.807, 2.05) is 4.90 Å². The first-order chi connectivity index (χ1) is 11.6. The summed E-state index contributed by atoms with van der Waals surface area (Å²) in [4.78, 5) is 16.7. The molecule has 0 radical (unpaired) electrons. The van der Waals surface area contributed by atoms with Crippen LogP contribution in [-0.2, 0) is 17.9 Å². The van der Waals surface area contributed by atoms with Gasteiger partial charge in [-0.15, -0.1) is 5.10 Å². The summed E-state index contributed by atoms with van der Waals surface area (Å²) in [5, 5.41) is 11.0. The lowest BCUT2D eigenvalue weighted by Gasteiger charge is -2.25. The average molecular weight is 328 g/mol. The van der Waals surface area contributed by atoms with E-state index in [1.165, 1.54) is 17.5 Å². The van der Waals surface area contributed by atoms with Gasteiger partial charge in [0.25, 0.3) is 0 Å². The Morgan fingerprint density at radius 1 is 1.29 bits per heavy atom. The number of hydrogen-bond acceptors (Lipinski definition) is 5. The number of tetrazole rings is 1. The normalized spacial score (nSPS) is 17.6. The zero-order valence-corrected chi connectivity index (χ0v) is 14.3. The van der Waals surface area contributed by atoms with Crippen molar-refractivity contribution in [1.29, 1.82) is 0 Å². The van der Waals surface area contributed by atoms with E-state index in [0.29, 0.717) is 13.0 Å². The first-order valence-corrected chi connectivity index (χ1v) is 8.37. The van der Waals surface area contributed by atoms with Gasteiger partial charge >= 0.3 is 0 Å². The Morgan fingerprint density at radius 3 is 2.75 bits per heavy atom. The quantitative estimate of drug-likeness (QED) is 0.804. The number of nitrogens with zero attached hydrogens (tertiary/aromatic N) is 6. The molecule has 2 heterocycles. The topological polar surface area (TPSA) is 67.2 Å². The van der Waals surface area contributed by atoms with Crippen LogP contribution in [0.25, 0.3) is 0 Å². The highest BCUT2D eigenvalue weighted by atomic mass is 16.2. The number of amides is 1. The van der Waals surface area contributed by atoms with Crippen LogP contribution < -0.4 is 0 Å². The predicted octanol–water partition coefficient (Wildman–Crippen LogP) is 1.49. The molecule has 1 atom stereocenters. The van der Waals surface area contributed by atoms with Crippen molar-refractivity contribution in [2.45, 2.75) is 38.4 Å². The van der Waals surface area contributed by atoms with Crippen molar-refractivity contribution in [1.82, 2.24) is 30.0 Å². The van der Waals surface area contributed by atoms with Crippen LogP contribution in [0.4, 0.5) is 0 Å². The van der Waals surface area contributed by atoms with E-state index in [2.05, 4.69) is 58.8 Å². The molecule has 1 aromatic carbocycles. The van der Waals surface area contributed by atoms with Crippen LogP contribution in [0.5, 0.6) is 0 Å². The zero-order chi connectivity index (χ0) is 16.9. The summed E-state index contributed by atoms with van der Waals surface area (Å²) in [7, 11) is 4.13. The lowest BCUT2D eigenvalue weighted by molar-refractivity contribution is -0.132. The fourth-order valence-corrected chi connectivity index (χ4v) is 3.26. The van der Waals surface area contributed by atoms with Crippen LogP contribution in [0.3, 0.4) is 0 Å². The standard InChI is InChI=1S/C17H24N6O/c1-21(2)12-14-5-7-15(8-6-14)16-4-3-10-23(16)17(24)9-11-22-13-18-19-20-22/h5-8,13,16H,3-4,9-12H2,1-2H3/t16-/m1/s1. The Kier molecular flexibility index (Phi) is 5.20. The van der Waals surface area contributed by atoms with Crippen LogP contribution in [0.15, 0.2) is 30.6 Å². The monoisotopic (exact) mass is 328 g/mol. The number of aromatic nitrogens is 4. The molecule has 7 nitrogen and oxygen atoms in total. The van der Waals surface area contributed by atoms with Crippen molar-refractivity contribution in [3.8, 4) is 0 Å². The van der Waals surface area contributed by atoms with E-state index >= 15 is 0 Å². The maximum Gasteiger partial charge on any atom is 0.224 e. The van der Waals surface area contributed by atoms with Gasteiger partial charge in [-0.05, 0) is 48.5 Å². The molecule has 3 rings (SSSR count). The van der Waals surface area contributed by atoms with Gasteiger partial charge < -0.3 is 9.80 Å². The van der Waals surface area contributed by atoms with Crippen molar-refractivity contribution in [2.24, 2.45) is 0 Å². The van der Waals surface area contributed by atoms with E-state index in [-0.39, 0.29) is 11.9 Å². The summed E-state index contributed by atoms with van der Waals surface area (Å²) in [6.07, 6.45) is 4.06. The fourth-order valence-electron chi connectivity index (χ4n) is 3.26. The van der Waals surface area contributed by atoms with Gasteiger partial charge in [-0.1, -0.05) is 24.3 Å². The van der Waals surface area contributed by atoms with Crippen LogP contribution >= 0.6 is 0 Å². The Morgan fingerprint density at radius 2 is 2.08 bits per heavy atom. The summed E-state index contributed by atoms with van der Waals surface area (Å²) < 4.78 is 1.60. The molecule has 0 bridgehead atoms. The highest BCUT2D eigenvalue weighted by Crippen LogP contribution is 2.32. The van der Waals surface area contributed by atoms with Gasteiger partial charge in [0.05, 0.1) is 12.6 Å². The van der Waals surface area contributed by atoms with Gasteiger partial charge in [0.2, 0.25) is 5.91 Å². The molecular formula is C17H24N6O. The highest BCUT2D eigenvalue weighted by Gasteiger charge is 2.29. The maximum atomic E-state index is 12.6. The molecule has 1 aliphatic heterocycles. The molecule has 0 unspecified atom stereocenters. The number of aryl methyl sites for hydroxylation is 1. The lowest BCUT2D eigenvalue weighted by atomic mass is 10.0. The number of rotatable bonds is 6. The summed E-state index contributed by atoms with van der Waals surface area (Å²) in [6.45, 7) is 2.29. The first kappa shape index (κ1) is 16.6. The third-order valence-corrected chi connectivity index (χ3v) is 4.38. The maximum absolute atomic E-state index is 12.6. The summed E-state index contributed by atoms with van der Waals surface area (Å²) in [6, 6.07) is 8.85. The molecule has 1 aliphatic rings. The van der Waals surface area contributed by atoms with E-state index in [9.17, 15) is 4.79 Å². The number of likely N-dealkylation sites (tertiary alicyclic amines) is 1. The summed E-state index contributed by atoms with van der Waals surface area (Å²) in [5.41, 5.74) is 2.52. The van der Waals surface area contributed by atoms with E-state index in [4.69, 9.17) is 0 Å². The first-order valence-electron chi connectivity index (χ1n) is 8.37. The second kappa shape index (κ2) is 7.53. The predicted molar refractivity (Wildman–Crippen MR) is 90.0 cm³/mol. The lowest BCUT2D eigenvalue weighted by Crippen LogP contribution is -2.31. The minimum Gasteiger partial charge on any atom is -0.336 e. The molecule has 1 aromatic heterocycles. The SMILES string of the molecule is CN(C)Cc1ccc([C@H]2CCCN2C(=O)CCn2cnnn2)cc1. The Balaban J connectivity index is 1.62. The van der Waals surface area contributed by atoms with Crippen molar-refractivity contribution < 1.29 is 4.79 Å². The minimum absolute atomic E-state index is 0.172. The van der Waals surface area contributed by atoms with E-state index in [1.54, 1.807) is 4.68 Å². The van der Waals surface area contributed by atoms with Gasteiger partial charge in [-0.3, -0.25) is 4.79 Å². The van der Waals surface area contributed by atoms with Crippen LogP contribution in [0, 0.1) is 0 Å². The van der Waals surface area contributed by atoms with E-state index < -0.39 is 0 Å². The van der Waals surface area contributed by atoms with E-state index in [0.717, 1.165) is 25.9 Å². The van der Waals surface area contributed by atoms with Gasteiger partial charge in [-0.2, -0.15) is 0 Å². The van der Waals surface area contributed by atoms with Gasteiger partial charge in [-0.25, -0.2) is 4.68 Å². The van der Waals surface area contributed by atoms with Gasteiger partial charge in [0, 0.05) is 19.5 Å².